The van der Waals surface area contributed by atoms with E-state index in [1.807, 2.05) is 72.8 Å². The van der Waals surface area contributed by atoms with E-state index in [9.17, 15) is 0 Å². The van der Waals surface area contributed by atoms with Crippen LogP contribution in [-0.2, 0) is 4.12 Å². The second-order valence-electron chi connectivity index (χ2n) is 9.48. The number of hydrogen-bond acceptors (Lipinski definition) is 9. The third kappa shape index (κ3) is 7.55. The summed E-state index contributed by atoms with van der Waals surface area (Å²) in [5.74, 6) is 5.29. The van der Waals surface area contributed by atoms with Crippen molar-refractivity contribution >= 4 is 38.8 Å². The lowest BCUT2D eigenvalue weighted by Gasteiger charge is -2.27. The van der Waals surface area contributed by atoms with E-state index in [2.05, 4.69) is 0 Å². The monoisotopic (exact) mass is 622 g/mol. The zero-order valence-corrected chi connectivity index (χ0v) is 28.1. The van der Waals surface area contributed by atoms with Crippen LogP contribution in [0.3, 0.4) is 0 Å². The molecule has 0 aliphatic heterocycles. The molecule has 0 bridgehead atoms. The zero-order chi connectivity index (χ0) is 30.9. The van der Waals surface area contributed by atoms with Gasteiger partial charge in [0.15, 0.2) is 0 Å². The molecule has 228 valence electrons. The standard InChI is InChI=1S/C32H38O9Si2/c1-33-21-9-22(34-2)14-29(13-21)42(30-15-23(35-3)10-24(16-30)36-4)41-43(31-17-25(37-5)11-26(18-31)38-6)32-19-27(39-7)12-28(20-32)40-8/h9-20,42-43H,1-8H3. The molecule has 0 saturated carbocycles. The lowest BCUT2D eigenvalue weighted by atomic mass is 10.3. The average Bonchev–Trinajstić information content (AvgIpc) is 3.07. The van der Waals surface area contributed by atoms with Gasteiger partial charge in [-0.2, -0.15) is 0 Å². The Morgan fingerprint density at radius 1 is 0.279 bits per heavy atom. The van der Waals surface area contributed by atoms with Crippen molar-refractivity contribution in [2.24, 2.45) is 0 Å². The molecule has 4 aromatic carbocycles. The molecule has 4 rings (SSSR count). The van der Waals surface area contributed by atoms with Crippen molar-refractivity contribution in [3.05, 3.63) is 72.8 Å². The van der Waals surface area contributed by atoms with Crippen molar-refractivity contribution in [3.63, 3.8) is 0 Å². The fourth-order valence-corrected chi connectivity index (χ4v) is 11.7. The number of hydrogen-bond donors (Lipinski definition) is 0. The quantitative estimate of drug-likeness (QED) is 0.197. The van der Waals surface area contributed by atoms with Crippen LogP contribution < -0.4 is 58.6 Å². The molecule has 4 aromatic rings. The van der Waals surface area contributed by atoms with Gasteiger partial charge in [-0.25, -0.2) is 0 Å². The first-order valence-electron chi connectivity index (χ1n) is 13.5. The van der Waals surface area contributed by atoms with E-state index in [1.54, 1.807) is 56.9 Å². The van der Waals surface area contributed by atoms with Gasteiger partial charge in [-0.05, 0) is 69.3 Å². The molecule has 0 saturated heterocycles. The van der Waals surface area contributed by atoms with Crippen molar-refractivity contribution in [2.45, 2.75) is 0 Å². The minimum absolute atomic E-state index is 0.662. The van der Waals surface area contributed by atoms with E-state index in [4.69, 9.17) is 42.0 Å². The van der Waals surface area contributed by atoms with Gasteiger partial charge in [0.1, 0.15) is 46.0 Å². The Labute approximate surface area is 256 Å². The Hall–Kier alpha value is -4.33. The lowest BCUT2D eigenvalue weighted by Crippen LogP contribution is -2.56. The second-order valence-corrected chi connectivity index (χ2v) is 14.8. The largest absolute Gasteiger partial charge is 0.497 e. The van der Waals surface area contributed by atoms with E-state index in [1.165, 1.54) is 0 Å². The fourth-order valence-electron chi connectivity index (χ4n) is 4.76. The Kier molecular flexibility index (Phi) is 10.8. The second kappa shape index (κ2) is 14.7. The first kappa shape index (κ1) is 31.6. The van der Waals surface area contributed by atoms with Crippen molar-refractivity contribution in [1.29, 1.82) is 0 Å². The van der Waals surface area contributed by atoms with Gasteiger partial charge in [-0.15, -0.1) is 0 Å². The number of benzene rings is 4. The van der Waals surface area contributed by atoms with Gasteiger partial charge < -0.3 is 42.0 Å². The normalized spacial score (nSPS) is 10.8. The first-order valence-corrected chi connectivity index (χ1v) is 16.7. The smallest absolute Gasteiger partial charge is 0.229 e. The molecule has 0 aromatic heterocycles. The maximum absolute atomic E-state index is 7.42. The third-order valence-electron chi connectivity index (χ3n) is 6.98. The van der Waals surface area contributed by atoms with Gasteiger partial charge in [-0.1, -0.05) is 0 Å². The van der Waals surface area contributed by atoms with Crippen LogP contribution in [0.25, 0.3) is 0 Å². The molecular weight excluding hydrogens is 585 g/mol. The Morgan fingerprint density at radius 2 is 0.442 bits per heavy atom. The molecule has 0 spiro atoms. The van der Waals surface area contributed by atoms with Crippen molar-refractivity contribution in [3.8, 4) is 46.0 Å². The highest BCUT2D eigenvalue weighted by Crippen LogP contribution is 2.24. The van der Waals surface area contributed by atoms with E-state index in [0.717, 1.165) is 20.7 Å². The summed E-state index contributed by atoms with van der Waals surface area (Å²) in [4.78, 5) is 0. The molecule has 0 N–H and O–H groups in total. The van der Waals surface area contributed by atoms with Crippen LogP contribution in [0.15, 0.2) is 72.8 Å². The van der Waals surface area contributed by atoms with Gasteiger partial charge in [0.25, 0.3) is 0 Å². The number of methoxy groups -OCH3 is 8. The molecule has 0 heterocycles. The summed E-state index contributed by atoms with van der Waals surface area (Å²) in [6.07, 6.45) is 0. The molecule has 0 atom stereocenters. The van der Waals surface area contributed by atoms with Crippen molar-refractivity contribution < 1.29 is 42.0 Å². The van der Waals surface area contributed by atoms with Crippen LogP contribution in [0, 0.1) is 0 Å². The van der Waals surface area contributed by atoms with E-state index in [-0.39, 0.29) is 0 Å². The predicted octanol–water partition coefficient (Wildman–Crippen LogP) is 2.15. The van der Waals surface area contributed by atoms with Gasteiger partial charge in [0.2, 0.25) is 18.1 Å². The Morgan fingerprint density at radius 3 is 0.581 bits per heavy atom. The summed E-state index contributed by atoms with van der Waals surface area (Å²) in [6, 6.07) is 23.3. The zero-order valence-electron chi connectivity index (χ0n) is 25.8. The molecule has 0 radical (unpaired) electrons. The van der Waals surface area contributed by atoms with Crippen LogP contribution in [-0.4, -0.2) is 75.0 Å². The van der Waals surface area contributed by atoms with Crippen molar-refractivity contribution in [1.82, 2.24) is 0 Å². The Balaban J connectivity index is 2.00. The molecule has 11 heteroatoms. The molecular formula is C32H38O9Si2. The molecule has 0 unspecified atom stereocenters. The maximum Gasteiger partial charge on any atom is 0.229 e. The fraction of sp³-hybridized carbons (Fsp3) is 0.250. The Bertz CT molecular complexity index is 1220. The summed E-state index contributed by atoms with van der Waals surface area (Å²) < 4.78 is 52.6. The molecule has 0 fully saturated rings. The van der Waals surface area contributed by atoms with Crippen molar-refractivity contribution in [2.75, 3.05) is 56.9 Å². The molecule has 0 aliphatic rings. The molecule has 9 nitrogen and oxygen atoms in total. The van der Waals surface area contributed by atoms with Gasteiger partial charge >= 0.3 is 0 Å². The van der Waals surface area contributed by atoms with Gasteiger partial charge in [0, 0.05) is 24.3 Å². The summed E-state index contributed by atoms with van der Waals surface area (Å²) >= 11 is 0. The maximum atomic E-state index is 7.42. The minimum Gasteiger partial charge on any atom is -0.497 e. The van der Waals surface area contributed by atoms with E-state index >= 15 is 0 Å². The van der Waals surface area contributed by atoms with Crippen LogP contribution in [0.1, 0.15) is 0 Å². The van der Waals surface area contributed by atoms with Gasteiger partial charge in [-0.3, -0.25) is 0 Å². The van der Waals surface area contributed by atoms with Crippen LogP contribution in [0.4, 0.5) is 0 Å². The van der Waals surface area contributed by atoms with Gasteiger partial charge in [0.05, 0.1) is 56.9 Å². The van der Waals surface area contributed by atoms with Crippen LogP contribution in [0.2, 0.25) is 0 Å². The summed E-state index contributed by atoms with van der Waals surface area (Å²) in [5, 5.41) is 3.81. The molecule has 0 aliphatic carbocycles. The number of ether oxygens (including phenoxy) is 8. The predicted molar refractivity (Wildman–Crippen MR) is 172 cm³/mol. The first-order chi connectivity index (χ1) is 20.9. The highest BCUT2D eigenvalue weighted by Gasteiger charge is 2.30. The number of rotatable bonds is 14. The van der Waals surface area contributed by atoms with E-state index < -0.39 is 18.1 Å². The highest BCUT2D eigenvalue weighted by atomic mass is 28.4. The van der Waals surface area contributed by atoms with E-state index in [0.29, 0.717) is 46.0 Å². The lowest BCUT2D eigenvalue weighted by molar-refractivity contribution is 0.394. The molecule has 43 heavy (non-hydrogen) atoms. The summed E-state index contributed by atoms with van der Waals surface area (Å²) in [7, 11) is 7.99. The SMILES string of the molecule is COc1cc(OC)cc([SiH](O[SiH](c2cc(OC)cc(OC)c2)c2cc(OC)cc(OC)c2)c2cc(OC)cc(OC)c2)c1. The molecule has 0 amide bonds. The topological polar surface area (TPSA) is 83.1 Å². The summed E-state index contributed by atoms with van der Waals surface area (Å²) in [5.41, 5.74) is 0. The minimum atomic E-state index is -2.54. The van der Waals surface area contributed by atoms with Crippen LogP contribution in [0.5, 0.6) is 46.0 Å². The average molecular weight is 623 g/mol. The third-order valence-corrected chi connectivity index (χ3v) is 12.9. The summed E-state index contributed by atoms with van der Waals surface area (Å²) in [6.45, 7) is 0. The van der Waals surface area contributed by atoms with Crippen LogP contribution >= 0.6 is 0 Å². The highest BCUT2D eigenvalue weighted by molar-refractivity contribution is 6.92.